The number of amides is 1. The predicted molar refractivity (Wildman–Crippen MR) is 92.2 cm³/mol. The van der Waals surface area contributed by atoms with E-state index in [1.807, 2.05) is 6.92 Å². The van der Waals surface area contributed by atoms with Crippen LogP contribution in [0.2, 0.25) is 0 Å². The largest absolute Gasteiger partial charge is 0.288 e. The Hall–Kier alpha value is -2.64. The highest BCUT2D eigenvalue weighted by atomic mass is 32.2. The summed E-state index contributed by atoms with van der Waals surface area (Å²) < 4.78 is 26.4. The highest BCUT2D eigenvalue weighted by Gasteiger charge is 2.20. The third-order valence-corrected chi connectivity index (χ3v) is 5.27. The van der Waals surface area contributed by atoms with Gasteiger partial charge in [0.05, 0.1) is 10.6 Å². The summed E-state index contributed by atoms with van der Waals surface area (Å²) in [5.41, 5.74) is 3.68. The summed E-state index contributed by atoms with van der Waals surface area (Å²) in [5, 5.41) is 8.42. The van der Waals surface area contributed by atoms with Crippen molar-refractivity contribution < 1.29 is 18.4 Å². The van der Waals surface area contributed by atoms with Crippen molar-refractivity contribution in [2.45, 2.75) is 11.8 Å². The number of carbonyl (C=O) groups excluding carboxylic acids is 1. The number of carbonyl (C=O) groups is 1. The summed E-state index contributed by atoms with van der Waals surface area (Å²) in [6.45, 7) is 1.89. The van der Waals surface area contributed by atoms with Crippen LogP contribution in [0.4, 0.5) is 5.69 Å². The lowest BCUT2D eigenvalue weighted by molar-refractivity contribution is -0.124. The standard InChI is InChI=1S/C17H18N2O4S/c1-13-3-10-16(11-4-13)24(22,23)19(2)15-8-5-14(6-9-15)7-12-17(20)18-21/h3-12,21H,1-2H3,(H,18,20)/b12-7+. The summed E-state index contributed by atoms with van der Waals surface area (Å²) in [6, 6.07) is 13.3. The van der Waals surface area contributed by atoms with Crippen LogP contribution in [-0.4, -0.2) is 26.6 Å². The van der Waals surface area contributed by atoms with Gasteiger partial charge in [-0.15, -0.1) is 0 Å². The molecule has 0 saturated heterocycles. The van der Waals surface area contributed by atoms with Gasteiger partial charge in [0.15, 0.2) is 0 Å². The fourth-order valence-electron chi connectivity index (χ4n) is 2.01. The molecule has 0 atom stereocenters. The molecule has 0 heterocycles. The number of anilines is 1. The molecule has 0 aliphatic rings. The number of nitrogens with zero attached hydrogens (tertiary/aromatic N) is 1. The molecular weight excluding hydrogens is 328 g/mol. The summed E-state index contributed by atoms with van der Waals surface area (Å²) in [7, 11) is -2.15. The molecule has 0 fully saturated rings. The van der Waals surface area contributed by atoms with Crippen molar-refractivity contribution in [1.29, 1.82) is 0 Å². The van der Waals surface area contributed by atoms with Crippen LogP contribution < -0.4 is 9.79 Å². The van der Waals surface area contributed by atoms with Gasteiger partial charge in [0.25, 0.3) is 15.9 Å². The van der Waals surface area contributed by atoms with Gasteiger partial charge in [-0.2, -0.15) is 0 Å². The number of hydrogen-bond donors (Lipinski definition) is 2. The van der Waals surface area contributed by atoms with Crippen molar-refractivity contribution in [3.8, 4) is 0 Å². The average Bonchev–Trinajstić information content (AvgIpc) is 2.59. The van der Waals surface area contributed by atoms with Crippen molar-refractivity contribution in [1.82, 2.24) is 5.48 Å². The van der Waals surface area contributed by atoms with E-state index in [0.717, 1.165) is 5.56 Å². The summed E-state index contributed by atoms with van der Waals surface area (Å²) >= 11 is 0. The fraction of sp³-hybridized carbons (Fsp3) is 0.118. The lowest BCUT2D eigenvalue weighted by atomic mass is 10.2. The predicted octanol–water partition coefficient (Wildman–Crippen LogP) is 2.34. The second kappa shape index (κ2) is 7.29. The lowest BCUT2D eigenvalue weighted by Crippen LogP contribution is -2.26. The van der Waals surface area contributed by atoms with E-state index in [1.165, 1.54) is 29.0 Å². The topological polar surface area (TPSA) is 86.7 Å². The first-order valence-electron chi connectivity index (χ1n) is 7.12. The molecule has 1 amide bonds. The minimum absolute atomic E-state index is 0.221. The third kappa shape index (κ3) is 4.01. The molecule has 126 valence electrons. The molecule has 7 heteroatoms. The summed E-state index contributed by atoms with van der Waals surface area (Å²) in [5.74, 6) is -0.641. The lowest BCUT2D eigenvalue weighted by Gasteiger charge is -2.19. The maximum Gasteiger partial charge on any atom is 0.267 e. The van der Waals surface area contributed by atoms with Crippen molar-refractivity contribution in [3.05, 3.63) is 65.7 Å². The Morgan fingerprint density at radius 3 is 2.21 bits per heavy atom. The molecule has 2 aromatic carbocycles. The molecule has 0 aliphatic heterocycles. The molecule has 2 N–H and O–H groups in total. The van der Waals surface area contributed by atoms with E-state index in [0.29, 0.717) is 11.3 Å². The fourth-order valence-corrected chi connectivity index (χ4v) is 3.21. The minimum Gasteiger partial charge on any atom is -0.288 e. The second-order valence-corrected chi connectivity index (χ2v) is 7.16. The number of hydroxylamine groups is 1. The van der Waals surface area contributed by atoms with Crippen LogP contribution >= 0.6 is 0 Å². The Bertz CT molecular complexity index is 841. The number of aryl methyl sites for hydroxylation is 1. The van der Waals surface area contributed by atoms with Crippen molar-refractivity contribution in [2.24, 2.45) is 0 Å². The molecule has 0 radical (unpaired) electrons. The van der Waals surface area contributed by atoms with E-state index in [1.54, 1.807) is 48.5 Å². The van der Waals surface area contributed by atoms with Crippen LogP contribution in [-0.2, 0) is 14.8 Å². The van der Waals surface area contributed by atoms with Crippen molar-refractivity contribution in [2.75, 3.05) is 11.4 Å². The zero-order valence-electron chi connectivity index (χ0n) is 13.3. The maximum absolute atomic E-state index is 12.6. The number of rotatable bonds is 5. The number of nitrogens with one attached hydrogen (secondary N) is 1. The van der Waals surface area contributed by atoms with Gasteiger partial charge in [-0.1, -0.05) is 29.8 Å². The van der Waals surface area contributed by atoms with Gasteiger partial charge in [-0.3, -0.25) is 14.3 Å². The van der Waals surface area contributed by atoms with Crippen LogP contribution in [0.1, 0.15) is 11.1 Å². The molecular formula is C17H18N2O4S. The zero-order chi connectivity index (χ0) is 17.7. The summed E-state index contributed by atoms with van der Waals surface area (Å²) in [6.07, 6.45) is 2.67. The van der Waals surface area contributed by atoms with Crippen molar-refractivity contribution in [3.63, 3.8) is 0 Å². The number of benzene rings is 2. The maximum atomic E-state index is 12.6. The third-order valence-electron chi connectivity index (χ3n) is 3.47. The highest BCUT2D eigenvalue weighted by molar-refractivity contribution is 7.92. The first-order chi connectivity index (χ1) is 11.3. The van der Waals surface area contributed by atoms with Gasteiger partial charge in [0.1, 0.15) is 0 Å². The Morgan fingerprint density at radius 1 is 1.08 bits per heavy atom. The van der Waals surface area contributed by atoms with Gasteiger partial charge in [-0.25, -0.2) is 13.9 Å². The highest BCUT2D eigenvalue weighted by Crippen LogP contribution is 2.22. The Balaban J connectivity index is 2.23. The van der Waals surface area contributed by atoms with Gasteiger partial charge in [0, 0.05) is 13.1 Å². The average molecular weight is 346 g/mol. The van der Waals surface area contributed by atoms with E-state index in [9.17, 15) is 13.2 Å². The normalized spacial score (nSPS) is 11.5. The van der Waals surface area contributed by atoms with Crippen LogP contribution in [0, 0.1) is 6.92 Å². The summed E-state index contributed by atoms with van der Waals surface area (Å²) in [4.78, 5) is 11.2. The molecule has 0 bridgehead atoms. The van der Waals surface area contributed by atoms with Crippen molar-refractivity contribution >= 4 is 27.7 Å². The Kier molecular flexibility index (Phi) is 5.38. The van der Waals surface area contributed by atoms with Crippen LogP contribution in [0.5, 0.6) is 0 Å². The zero-order valence-corrected chi connectivity index (χ0v) is 14.1. The molecule has 0 spiro atoms. The Morgan fingerprint density at radius 2 is 1.67 bits per heavy atom. The molecule has 24 heavy (non-hydrogen) atoms. The molecule has 0 aliphatic carbocycles. The molecule has 2 rings (SSSR count). The smallest absolute Gasteiger partial charge is 0.267 e. The number of sulfonamides is 1. The van der Waals surface area contributed by atoms with Gasteiger partial charge in [-0.05, 0) is 42.8 Å². The van der Waals surface area contributed by atoms with E-state index in [2.05, 4.69) is 0 Å². The SMILES string of the molecule is Cc1ccc(S(=O)(=O)N(C)c2ccc(/C=C/C(=O)NO)cc2)cc1. The van der Waals surface area contributed by atoms with Crippen LogP contribution in [0.3, 0.4) is 0 Å². The minimum atomic E-state index is -3.63. The molecule has 0 aromatic heterocycles. The van der Waals surface area contributed by atoms with Gasteiger partial charge < -0.3 is 0 Å². The molecule has 2 aromatic rings. The van der Waals surface area contributed by atoms with Crippen LogP contribution in [0.15, 0.2) is 59.5 Å². The Labute approximate surface area is 141 Å². The molecule has 0 unspecified atom stereocenters. The van der Waals surface area contributed by atoms with Gasteiger partial charge >= 0.3 is 0 Å². The van der Waals surface area contributed by atoms with E-state index in [-0.39, 0.29) is 4.90 Å². The number of hydrogen-bond acceptors (Lipinski definition) is 4. The second-order valence-electron chi connectivity index (χ2n) is 5.19. The van der Waals surface area contributed by atoms with E-state index in [4.69, 9.17) is 5.21 Å². The molecule has 0 saturated carbocycles. The van der Waals surface area contributed by atoms with Gasteiger partial charge in [0.2, 0.25) is 0 Å². The first kappa shape index (κ1) is 17.7. The van der Waals surface area contributed by atoms with Crippen LogP contribution in [0.25, 0.3) is 6.08 Å². The quantitative estimate of drug-likeness (QED) is 0.494. The monoisotopic (exact) mass is 346 g/mol. The molecule has 6 nitrogen and oxygen atoms in total. The first-order valence-corrected chi connectivity index (χ1v) is 8.56. The van der Waals surface area contributed by atoms with E-state index < -0.39 is 15.9 Å². The van der Waals surface area contributed by atoms with E-state index >= 15 is 0 Å².